The molecule has 2 aromatic carbocycles. The fourth-order valence-electron chi connectivity index (χ4n) is 2.63. The molecule has 0 atom stereocenters. The van der Waals surface area contributed by atoms with Gasteiger partial charge in [0.1, 0.15) is 11.3 Å². The summed E-state index contributed by atoms with van der Waals surface area (Å²) in [5, 5.41) is 10.00. The molecule has 0 bridgehead atoms. The van der Waals surface area contributed by atoms with E-state index in [1.54, 1.807) is 11.1 Å². The van der Waals surface area contributed by atoms with Crippen LogP contribution in [0.1, 0.15) is 5.76 Å². The molecular weight excluding hydrogens is 334 g/mol. The molecule has 1 amide bonds. The number of anilines is 1. The molecule has 0 spiro atoms. The second-order valence-corrected chi connectivity index (χ2v) is 6.43. The summed E-state index contributed by atoms with van der Waals surface area (Å²) >= 11 is 1.39. The molecule has 3 aromatic rings. The van der Waals surface area contributed by atoms with Gasteiger partial charge in [0, 0.05) is 18.0 Å². The second-order valence-electron chi connectivity index (χ2n) is 5.49. The average Bonchev–Trinajstić information content (AvgIpc) is 3.22. The fourth-order valence-corrected chi connectivity index (χ4v) is 3.45. The van der Waals surface area contributed by atoms with Crippen molar-refractivity contribution in [2.45, 2.75) is 6.42 Å². The third-order valence-electron chi connectivity index (χ3n) is 3.77. The number of benzene rings is 2. The van der Waals surface area contributed by atoms with Crippen molar-refractivity contribution in [3.63, 3.8) is 0 Å². The molecule has 0 unspecified atom stereocenters. The molecule has 1 fully saturated rings. The molecule has 0 radical (unpaired) electrons. The van der Waals surface area contributed by atoms with Crippen LogP contribution in [0.5, 0.6) is 0 Å². The Morgan fingerprint density at radius 3 is 2.76 bits per heavy atom. The van der Waals surface area contributed by atoms with Crippen molar-refractivity contribution in [1.29, 1.82) is 0 Å². The van der Waals surface area contributed by atoms with Crippen LogP contribution >= 0.6 is 11.8 Å². The van der Waals surface area contributed by atoms with Crippen molar-refractivity contribution in [1.82, 2.24) is 0 Å². The number of furan rings is 1. The summed E-state index contributed by atoms with van der Waals surface area (Å²) in [6, 6.07) is 19.4. The van der Waals surface area contributed by atoms with E-state index in [0.717, 1.165) is 22.4 Å². The molecular formula is C19H15N3O2S. The lowest BCUT2D eigenvalue weighted by molar-refractivity contribution is -0.115. The monoisotopic (exact) mass is 349 g/mol. The van der Waals surface area contributed by atoms with Crippen molar-refractivity contribution < 1.29 is 9.21 Å². The molecule has 2 heterocycles. The van der Waals surface area contributed by atoms with Crippen LogP contribution in [0.25, 0.3) is 11.0 Å². The van der Waals surface area contributed by atoms with Crippen molar-refractivity contribution >= 4 is 45.7 Å². The van der Waals surface area contributed by atoms with Crippen LogP contribution in [-0.4, -0.2) is 23.0 Å². The zero-order valence-corrected chi connectivity index (χ0v) is 14.1. The summed E-state index contributed by atoms with van der Waals surface area (Å²) in [5.41, 5.74) is 1.67. The van der Waals surface area contributed by atoms with Gasteiger partial charge in [-0.2, -0.15) is 5.10 Å². The molecule has 0 saturated carbocycles. The predicted molar refractivity (Wildman–Crippen MR) is 102 cm³/mol. The largest absolute Gasteiger partial charge is 0.461 e. The van der Waals surface area contributed by atoms with Gasteiger partial charge in [-0.05, 0) is 24.3 Å². The summed E-state index contributed by atoms with van der Waals surface area (Å²) in [6.45, 7) is 0. The number of carbonyl (C=O) groups is 1. The molecule has 124 valence electrons. The lowest BCUT2D eigenvalue weighted by Crippen LogP contribution is -2.28. The van der Waals surface area contributed by atoms with E-state index in [1.807, 2.05) is 60.7 Å². The molecule has 5 nitrogen and oxygen atoms in total. The van der Waals surface area contributed by atoms with Gasteiger partial charge in [-0.25, -0.2) is 0 Å². The quantitative estimate of drug-likeness (QED) is 0.526. The minimum Gasteiger partial charge on any atom is -0.461 e. The normalized spacial score (nSPS) is 16.6. The van der Waals surface area contributed by atoms with E-state index in [1.165, 1.54) is 11.8 Å². The van der Waals surface area contributed by atoms with Crippen molar-refractivity contribution in [2.24, 2.45) is 10.2 Å². The molecule has 25 heavy (non-hydrogen) atoms. The van der Waals surface area contributed by atoms with Gasteiger partial charge >= 0.3 is 0 Å². The summed E-state index contributed by atoms with van der Waals surface area (Å²) in [5.74, 6) is 1.23. The smallest absolute Gasteiger partial charge is 0.243 e. The predicted octanol–water partition coefficient (Wildman–Crippen LogP) is 4.10. The Bertz CT molecular complexity index is 930. The van der Waals surface area contributed by atoms with Gasteiger partial charge in [0.25, 0.3) is 0 Å². The van der Waals surface area contributed by atoms with Crippen LogP contribution in [0.15, 0.2) is 75.3 Å². The van der Waals surface area contributed by atoms with Gasteiger partial charge in [-0.1, -0.05) is 48.2 Å². The fraction of sp³-hybridized carbons (Fsp3) is 0.105. The van der Waals surface area contributed by atoms with Gasteiger partial charge in [0.05, 0.1) is 11.4 Å². The van der Waals surface area contributed by atoms with Crippen LogP contribution in [0, 0.1) is 0 Å². The zero-order chi connectivity index (χ0) is 17.1. The number of carbonyl (C=O) groups excluding carboxylic acids is 1. The Balaban J connectivity index is 1.48. The van der Waals surface area contributed by atoms with E-state index in [9.17, 15) is 4.79 Å². The van der Waals surface area contributed by atoms with Crippen LogP contribution < -0.4 is 4.90 Å². The van der Waals surface area contributed by atoms with Crippen LogP contribution in [0.4, 0.5) is 5.69 Å². The molecule has 0 aliphatic carbocycles. The Kier molecular flexibility index (Phi) is 4.35. The first-order valence-corrected chi connectivity index (χ1v) is 8.87. The summed E-state index contributed by atoms with van der Waals surface area (Å²) < 4.78 is 5.74. The maximum Gasteiger partial charge on any atom is 0.243 e. The van der Waals surface area contributed by atoms with E-state index in [4.69, 9.17) is 4.42 Å². The number of amides is 1. The average molecular weight is 349 g/mol. The SMILES string of the molecule is O=C1CSC(=NN=CCc2cc3ccccc3o2)N1c1ccccc1. The number of amidine groups is 1. The van der Waals surface area contributed by atoms with Gasteiger partial charge in [0.2, 0.25) is 5.91 Å². The van der Waals surface area contributed by atoms with Crippen LogP contribution in [-0.2, 0) is 11.2 Å². The van der Waals surface area contributed by atoms with Crippen molar-refractivity contribution in [2.75, 3.05) is 10.7 Å². The van der Waals surface area contributed by atoms with Crippen molar-refractivity contribution in [3.8, 4) is 0 Å². The second kappa shape index (κ2) is 6.94. The van der Waals surface area contributed by atoms with Gasteiger partial charge < -0.3 is 4.42 Å². The minimum absolute atomic E-state index is 0.0161. The van der Waals surface area contributed by atoms with E-state index in [0.29, 0.717) is 17.3 Å². The first kappa shape index (κ1) is 15.7. The van der Waals surface area contributed by atoms with Crippen LogP contribution in [0.3, 0.4) is 0 Å². The van der Waals surface area contributed by atoms with Gasteiger partial charge in [-0.15, -0.1) is 5.10 Å². The van der Waals surface area contributed by atoms with Crippen molar-refractivity contribution in [3.05, 3.63) is 66.4 Å². The number of hydrogen-bond acceptors (Lipinski definition) is 5. The Morgan fingerprint density at radius 1 is 1.12 bits per heavy atom. The van der Waals surface area contributed by atoms with Crippen LogP contribution in [0.2, 0.25) is 0 Å². The highest BCUT2D eigenvalue weighted by atomic mass is 32.2. The summed E-state index contributed by atoms with van der Waals surface area (Å²) in [4.78, 5) is 13.7. The molecule has 4 rings (SSSR count). The number of fused-ring (bicyclic) bond motifs is 1. The highest BCUT2D eigenvalue weighted by Gasteiger charge is 2.29. The van der Waals surface area contributed by atoms with E-state index < -0.39 is 0 Å². The first-order valence-electron chi connectivity index (χ1n) is 7.89. The van der Waals surface area contributed by atoms with Gasteiger partial charge in [0.15, 0.2) is 5.17 Å². The highest BCUT2D eigenvalue weighted by molar-refractivity contribution is 8.15. The zero-order valence-electron chi connectivity index (χ0n) is 13.3. The standard InChI is InChI=1S/C19H15N3O2S/c23-18-13-25-19(22(18)15-7-2-1-3-8-15)21-20-11-10-16-12-14-6-4-5-9-17(14)24-16/h1-9,11-12H,10,13H2. The van der Waals surface area contributed by atoms with E-state index >= 15 is 0 Å². The number of hydrogen-bond donors (Lipinski definition) is 0. The minimum atomic E-state index is 0.0161. The lowest BCUT2D eigenvalue weighted by Gasteiger charge is -2.14. The van der Waals surface area contributed by atoms with Gasteiger partial charge in [-0.3, -0.25) is 9.69 Å². The Labute approximate surface area is 149 Å². The summed E-state index contributed by atoms with van der Waals surface area (Å²) in [7, 11) is 0. The number of rotatable bonds is 4. The Morgan fingerprint density at radius 2 is 1.92 bits per heavy atom. The highest BCUT2D eigenvalue weighted by Crippen LogP contribution is 2.26. The third kappa shape index (κ3) is 3.34. The molecule has 1 aliphatic heterocycles. The molecule has 1 aliphatic rings. The maximum atomic E-state index is 12.1. The number of para-hydroxylation sites is 2. The maximum absolute atomic E-state index is 12.1. The summed E-state index contributed by atoms with van der Waals surface area (Å²) in [6.07, 6.45) is 2.24. The molecule has 1 saturated heterocycles. The number of nitrogens with zero attached hydrogens (tertiary/aromatic N) is 3. The third-order valence-corrected chi connectivity index (χ3v) is 4.69. The first-order chi connectivity index (χ1) is 12.3. The lowest BCUT2D eigenvalue weighted by atomic mass is 10.2. The Hall–Kier alpha value is -2.86. The molecule has 6 heteroatoms. The van der Waals surface area contributed by atoms with E-state index in [-0.39, 0.29) is 5.91 Å². The molecule has 1 aromatic heterocycles. The topological polar surface area (TPSA) is 58.2 Å². The number of thioether (sulfide) groups is 1. The van der Waals surface area contributed by atoms with E-state index in [2.05, 4.69) is 10.2 Å². The molecule has 0 N–H and O–H groups in total.